The number of hydrogen-bond donors (Lipinski definition) is 0. The lowest BCUT2D eigenvalue weighted by Gasteiger charge is -2.06. The van der Waals surface area contributed by atoms with Crippen LogP contribution in [0.3, 0.4) is 0 Å². The first kappa shape index (κ1) is 20.1. The molecular formula is C21H34O4. The zero-order chi connectivity index (χ0) is 17.6. The molecule has 1 aliphatic heterocycles. The maximum absolute atomic E-state index is 5.76. The molecule has 0 unspecified atom stereocenters. The summed E-state index contributed by atoms with van der Waals surface area (Å²) in [6, 6.07) is 6.01. The van der Waals surface area contributed by atoms with Crippen LogP contribution in [0.15, 0.2) is 18.2 Å². The number of ether oxygens (including phenoxy) is 4. The van der Waals surface area contributed by atoms with Gasteiger partial charge in [-0.25, -0.2) is 0 Å². The van der Waals surface area contributed by atoms with Crippen molar-refractivity contribution in [3.05, 3.63) is 23.8 Å². The summed E-state index contributed by atoms with van der Waals surface area (Å²) in [5.41, 5.74) is 1.15. The van der Waals surface area contributed by atoms with Crippen molar-refractivity contribution < 1.29 is 18.9 Å². The summed E-state index contributed by atoms with van der Waals surface area (Å²) in [6.07, 6.45) is 11.7. The fourth-order valence-corrected chi connectivity index (χ4v) is 3.01. The van der Waals surface area contributed by atoms with Crippen LogP contribution in [-0.4, -0.2) is 26.6 Å². The Kier molecular flexibility index (Phi) is 10.4. The molecule has 0 bridgehead atoms. The second-order valence-corrected chi connectivity index (χ2v) is 6.62. The summed E-state index contributed by atoms with van der Waals surface area (Å²) in [6.45, 7) is 5.66. The molecule has 0 saturated heterocycles. The highest BCUT2D eigenvalue weighted by atomic mass is 16.7. The average molecular weight is 350 g/mol. The highest BCUT2D eigenvalue weighted by Gasteiger charge is 2.12. The molecule has 0 spiro atoms. The van der Waals surface area contributed by atoms with E-state index in [1.807, 2.05) is 18.2 Å². The molecule has 1 aromatic carbocycles. The molecule has 2 rings (SSSR count). The first-order valence-corrected chi connectivity index (χ1v) is 9.94. The SMILES string of the molecule is CCOCCCCCCCCCCCOCc1ccc2c(c1)OCO2. The van der Waals surface area contributed by atoms with Crippen molar-refractivity contribution in [1.29, 1.82) is 0 Å². The number of rotatable bonds is 15. The summed E-state index contributed by atoms with van der Waals surface area (Å²) in [5.74, 6) is 1.66. The second-order valence-electron chi connectivity index (χ2n) is 6.62. The molecule has 0 atom stereocenters. The standard InChI is InChI=1S/C21H34O4/c1-2-22-14-10-8-6-4-3-5-7-9-11-15-23-17-19-12-13-20-21(16-19)25-18-24-20/h12-13,16H,2-11,14-15,17-18H2,1H3. The Morgan fingerprint density at radius 1 is 0.760 bits per heavy atom. The van der Waals surface area contributed by atoms with Crippen LogP contribution >= 0.6 is 0 Å². The molecule has 4 heteroatoms. The maximum Gasteiger partial charge on any atom is 0.231 e. The lowest BCUT2D eigenvalue weighted by Crippen LogP contribution is -1.96. The fourth-order valence-electron chi connectivity index (χ4n) is 3.01. The first-order valence-electron chi connectivity index (χ1n) is 9.94. The van der Waals surface area contributed by atoms with Gasteiger partial charge in [-0.15, -0.1) is 0 Å². The highest BCUT2D eigenvalue weighted by molar-refractivity contribution is 5.44. The molecule has 0 radical (unpaired) electrons. The van der Waals surface area contributed by atoms with E-state index in [0.717, 1.165) is 43.3 Å². The van der Waals surface area contributed by atoms with Crippen molar-refractivity contribution in [2.45, 2.75) is 71.3 Å². The van der Waals surface area contributed by atoms with E-state index in [1.165, 1.54) is 51.4 Å². The van der Waals surface area contributed by atoms with Crippen molar-refractivity contribution in [2.24, 2.45) is 0 Å². The molecule has 0 amide bonds. The first-order chi connectivity index (χ1) is 12.4. The van der Waals surface area contributed by atoms with E-state index >= 15 is 0 Å². The third-order valence-corrected chi connectivity index (χ3v) is 4.49. The molecule has 4 nitrogen and oxygen atoms in total. The van der Waals surface area contributed by atoms with Gasteiger partial charge >= 0.3 is 0 Å². The van der Waals surface area contributed by atoms with Crippen molar-refractivity contribution in [1.82, 2.24) is 0 Å². The number of benzene rings is 1. The molecule has 0 aromatic heterocycles. The average Bonchev–Trinajstić information content (AvgIpc) is 3.10. The molecule has 0 N–H and O–H groups in total. The molecule has 0 fully saturated rings. The van der Waals surface area contributed by atoms with Gasteiger partial charge in [0.1, 0.15) is 0 Å². The van der Waals surface area contributed by atoms with E-state index in [0.29, 0.717) is 13.4 Å². The molecule has 25 heavy (non-hydrogen) atoms. The summed E-state index contributed by atoms with van der Waals surface area (Å²) in [4.78, 5) is 0. The Morgan fingerprint density at radius 2 is 1.36 bits per heavy atom. The maximum atomic E-state index is 5.76. The normalized spacial score (nSPS) is 12.7. The van der Waals surface area contributed by atoms with E-state index in [4.69, 9.17) is 18.9 Å². The highest BCUT2D eigenvalue weighted by Crippen LogP contribution is 2.32. The van der Waals surface area contributed by atoms with Gasteiger partial charge in [-0.1, -0.05) is 51.0 Å². The Bertz CT molecular complexity index is 461. The minimum absolute atomic E-state index is 0.326. The van der Waals surface area contributed by atoms with Gasteiger partial charge in [0.25, 0.3) is 0 Å². The molecular weight excluding hydrogens is 316 g/mol. The largest absolute Gasteiger partial charge is 0.454 e. The summed E-state index contributed by atoms with van der Waals surface area (Å²) < 4.78 is 21.8. The van der Waals surface area contributed by atoms with E-state index in [-0.39, 0.29) is 0 Å². The molecule has 142 valence electrons. The van der Waals surface area contributed by atoms with Gasteiger partial charge in [0.15, 0.2) is 11.5 Å². The van der Waals surface area contributed by atoms with E-state index < -0.39 is 0 Å². The zero-order valence-corrected chi connectivity index (χ0v) is 15.8. The summed E-state index contributed by atoms with van der Waals surface area (Å²) >= 11 is 0. The molecule has 0 saturated carbocycles. The van der Waals surface area contributed by atoms with Gasteiger partial charge in [0.05, 0.1) is 6.61 Å². The van der Waals surface area contributed by atoms with Crippen LogP contribution in [0.25, 0.3) is 0 Å². The monoisotopic (exact) mass is 350 g/mol. The fraction of sp³-hybridized carbons (Fsp3) is 0.714. The quantitative estimate of drug-likeness (QED) is 0.393. The molecule has 1 aromatic rings. The minimum Gasteiger partial charge on any atom is -0.454 e. The van der Waals surface area contributed by atoms with Gasteiger partial charge in [-0.05, 0) is 37.5 Å². The summed E-state index contributed by atoms with van der Waals surface area (Å²) in [7, 11) is 0. The molecule has 1 aliphatic rings. The van der Waals surface area contributed by atoms with Gasteiger partial charge in [0, 0.05) is 19.8 Å². The third kappa shape index (κ3) is 8.59. The molecule has 1 heterocycles. The van der Waals surface area contributed by atoms with Gasteiger partial charge in [-0.2, -0.15) is 0 Å². The minimum atomic E-state index is 0.326. The van der Waals surface area contributed by atoms with Gasteiger partial charge < -0.3 is 18.9 Å². The third-order valence-electron chi connectivity index (χ3n) is 4.49. The van der Waals surface area contributed by atoms with Crippen LogP contribution < -0.4 is 9.47 Å². The van der Waals surface area contributed by atoms with Crippen molar-refractivity contribution in [2.75, 3.05) is 26.6 Å². The number of fused-ring (bicyclic) bond motifs is 1. The topological polar surface area (TPSA) is 36.9 Å². The van der Waals surface area contributed by atoms with Crippen LogP contribution in [-0.2, 0) is 16.1 Å². The van der Waals surface area contributed by atoms with Gasteiger partial charge in [-0.3, -0.25) is 0 Å². The smallest absolute Gasteiger partial charge is 0.231 e. The van der Waals surface area contributed by atoms with Gasteiger partial charge in [0.2, 0.25) is 6.79 Å². The predicted molar refractivity (Wildman–Crippen MR) is 100 cm³/mol. The Hall–Kier alpha value is -1.26. The van der Waals surface area contributed by atoms with E-state index in [1.54, 1.807) is 0 Å². The van der Waals surface area contributed by atoms with Crippen molar-refractivity contribution >= 4 is 0 Å². The van der Waals surface area contributed by atoms with Crippen LogP contribution in [0.2, 0.25) is 0 Å². The predicted octanol–water partition coefficient (Wildman–Crippen LogP) is 5.48. The Morgan fingerprint density at radius 3 is 2.04 bits per heavy atom. The van der Waals surface area contributed by atoms with Crippen molar-refractivity contribution in [3.63, 3.8) is 0 Å². The van der Waals surface area contributed by atoms with E-state index in [9.17, 15) is 0 Å². The number of unbranched alkanes of at least 4 members (excludes halogenated alkanes) is 8. The van der Waals surface area contributed by atoms with Crippen molar-refractivity contribution in [3.8, 4) is 11.5 Å². The lowest BCUT2D eigenvalue weighted by molar-refractivity contribution is 0.116. The van der Waals surface area contributed by atoms with Crippen LogP contribution in [0.5, 0.6) is 11.5 Å². The zero-order valence-electron chi connectivity index (χ0n) is 15.8. The van der Waals surface area contributed by atoms with Crippen LogP contribution in [0, 0.1) is 0 Å². The van der Waals surface area contributed by atoms with Crippen LogP contribution in [0.4, 0.5) is 0 Å². The van der Waals surface area contributed by atoms with Crippen LogP contribution in [0.1, 0.15) is 70.3 Å². The summed E-state index contributed by atoms with van der Waals surface area (Å²) in [5, 5.41) is 0. The molecule has 0 aliphatic carbocycles. The second kappa shape index (κ2) is 13.0. The Balaban J connectivity index is 1.34. The lowest BCUT2D eigenvalue weighted by atomic mass is 10.1. The Labute approximate surface area is 152 Å². The van der Waals surface area contributed by atoms with E-state index in [2.05, 4.69) is 6.92 Å². The number of hydrogen-bond acceptors (Lipinski definition) is 4.